The highest BCUT2D eigenvalue weighted by Crippen LogP contribution is 2.14. The van der Waals surface area contributed by atoms with E-state index in [0.29, 0.717) is 12.1 Å². The number of carbonyl (C=O) groups is 1. The van der Waals surface area contributed by atoms with Crippen LogP contribution in [0.2, 0.25) is 0 Å². The van der Waals surface area contributed by atoms with E-state index >= 15 is 0 Å². The van der Waals surface area contributed by atoms with Gasteiger partial charge in [0.15, 0.2) is 11.6 Å². The van der Waals surface area contributed by atoms with Crippen molar-refractivity contribution < 1.29 is 23.1 Å². The minimum Gasteiger partial charge on any atom is -0.481 e. The van der Waals surface area contributed by atoms with E-state index in [9.17, 15) is 18.0 Å². The Bertz CT molecular complexity index is 349. The van der Waals surface area contributed by atoms with Crippen LogP contribution in [0.3, 0.4) is 0 Å². The van der Waals surface area contributed by atoms with Gasteiger partial charge in [0, 0.05) is 11.6 Å². The van der Waals surface area contributed by atoms with Gasteiger partial charge in [0.25, 0.3) is 0 Å². The summed E-state index contributed by atoms with van der Waals surface area (Å²) in [6.45, 7) is 0. The summed E-state index contributed by atoms with van der Waals surface area (Å²) >= 11 is 0. The van der Waals surface area contributed by atoms with Crippen molar-refractivity contribution >= 4 is 5.97 Å². The van der Waals surface area contributed by atoms with E-state index in [2.05, 4.69) is 0 Å². The van der Waals surface area contributed by atoms with Crippen LogP contribution in [0.5, 0.6) is 0 Å². The molecule has 0 radical (unpaired) electrons. The largest absolute Gasteiger partial charge is 0.481 e. The molecule has 0 saturated carbocycles. The third-order valence-corrected chi connectivity index (χ3v) is 1.41. The highest BCUT2D eigenvalue weighted by atomic mass is 19.2. The van der Waals surface area contributed by atoms with Crippen molar-refractivity contribution in [2.45, 2.75) is 6.42 Å². The van der Waals surface area contributed by atoms with Crippen LogP contribution in [0.15, 0.2) is 12.1 Å². The van der Waals surface area contributed by atoms with Gasteiger partial charge in [0.2, 0.25) is 0 Å². The normalized spacial score (nSPS) is 10.1. The van der Waals surface area contributed by atoms with Crippen LogP contribution in [0.25, 0.3) is 0 Å². The minimum atomic E-state index is -1.38. The number of hydrogen-bond donors (Lipinski definition) is 1. The molecule has 0 unspecified atom stereocenters. The lowest BCUT2D eigenvalue weighted by atomic mass is 10.1. The number of carboxylic acid groups (broad SMARTS) is 1. The second-order valence-electron chi connectivity index (χ2n) is 2.43. The standard InChI is InChI=1S/C8H5F3O2/c9-5-1-4(2-7(12)13)8(11)6(10)3-5/h1,3H,2H2,(H,12,13). The number of hydrogen-bond acceptors (Lipinski definition) is 1. The molecular weight excluding hydrogens is 185 g/mol. The molecule has 2 nitrogen and oxygen atoms in total. The van der Waals surface area contributed by atoms with Crippen LogP contribution in [0, 0.1) is 17.5 Å². The molecule has 1 aromatic rings. The Labute approximate surface area is 71.6 Å². The Balaban J connectivity index is 3.12. The molecule has 0 saturated heterocycles. The van der Waals surface area contributed by atoms with E-state index in [4.69, 9.17) is 5.11 Å². The lowest BCUT2D eigenvalue weighted by Crippen LogP contribution is -2.04. The highest BCUT2D eigenvalue weighted by Gasteiger charge is 2.13. The van der Waals surface area contributed by atoms with Gasteiger partial charge in [0.05, 0.1) is 6.42 Å². The van der Waals surface area contributed by atoms with Crippen LogP contribution < -0.4 is 0 Å². The second-order valence-corrected chi connectivity index (χ2v) is 2.43. The first kappa shape index (κ1) is 9.57. The molecule has 1 aromatic carbocycles. The zero-order valence-corrected chi connectivity index (χ0v) is 6.35. The monoisotopic (exact) mass is 190 g/mol. The highest BCUT2D eigenvalue weighted by molar-refractivity contribution is 5.70. The zero-order chi connectivity index (χ0) is 10.0. The van der Waals surface area contributed by atoms with E-state index in [1.807, 2.05) is 0 Å². The lowest BCUT2D eigenvalue weighted by molar-refractivity contribution is -0.136. The van der Waals surface area contributed by atoms with E-state index < -0.39 is 35.4 Å². The Morgan fingerprint density at radius 3 is 2.46 bits per heavy atom. The molecule has 13 heavy (non-hydrogen) atoms. The quantitative estimate of drug-likeness (QED) is 0.721. The molecule has 0 heterocycles. The first-order valence-electron chi connectivity index (χ1n) is 3.36. The van der Waals surface area contributed by atoms with Crippen molar-refractivity contribution in [3.05, 3.63) is 35.1 Å². The molecule has 0 spiro atoms. The molecule has 0 aliphatic carbocycles. The summed E-state index contributed by atoms with van der Waals surface area (Å²) in [7, 11) is 0. The number of carboxylic acids is 1. The number of aliphatic carboxylic acids is 1. The van der Waals surface area contributed by atoms with Gasteiger partial charge in [-0.2, -0.15) is 0 Å². The Kier molecular flexibility index (Phi) is 2.55. The van der Waals surface area contributed by atoms with Crippen LogP contribution in [-0.2, 0) is 11.2 Å². The summed E-state index contributed by atoms with van der Waals surface area (Å²) < 4.78 is 37.7. The third-order valence-electron chi connectivity index (χ3n) is 1.41. The van der Waals surface area contributed by atoms with Crippen molar-refractivity contribution in [2.75, 3.05) is 0 Å². The van der Waals surface area contributed by atoms with Crippen molar-refractivity contribution in [1.82, 2.24) is 0 Å². The molecule has 0 amide bonds. The lowest BCUT2D eigenvalue weighted by Gasteiger charge is -2.00. The van der Waals surface area contributed by atoms with Crippen molar-refractivity contribution in [3.8, 4) is 0 Å². The predicted octanol–water partition coefficient (Wildman–Crippen LogP) is 1.73. The fraction of sp³-hybridized carbons (Fsp3) is 0.125. The fourth-order valence-electron chi connectivity index (χ4n) is 0.901. The number of rotatable bonds is 2. The summed E-state index contributed by atoms with van der Waals surface area (Å²) in [5, 5.41) is 8.26. The summed E-state index contributed by atoms with van der Waals surface area (Å²) in [6, 6.07) is 1.02. The Morgan fingerprint density at radius 1 is 1.31 bits per heavy atom. The summed E-state index contributed by atoms with van der Waals surface area (Å²) in [4.78, 5) is 10.1. The van der Waals surface area contributed by atoms with E-state index in [1.54, 1.807) is 0 Å². The molecule has 0 aromatic heterocycles. The Morgan fingerprint density at radius 2 is 1.92 bits per heavy atom. The molecule has 0 aliphatic heterocycles. The van der Waals surface area contributed by atoms with E-state index in [0.717, 1.165) is 0 Å². The van der Waals surface area contributed by atoms with Crippen molar-refractivity contribution in [3.63, 3.8) is 0 Å². The van der Waals surface area contributed by atoms with Crippen LogP contribution in [-0.4, -0.2) is 11.1 Å². The Hall–Kier alpha value is -1.52. The van der Waals surface area contributed by atoms with Crippen LogP contribution >= 0.6 is 0 Å². The molecule has 5 heteroatoms. The van der Waals surface area contributed by atoms with Gasteiger partial charge < -0.3 is 5.11 Å². The van der Waals surface area contributed by atoms with Gasteiger partial charge in [-0.3, -0.25) is 4.79 Å². The zero-order valence-electron chi connectivity index (χ0n) is 6.35. The predicted molar refractivity (Wildman–Crippen MR) is 37.7 cm³/mol. The topological polar surface area (TPSA) is 37.3 Å². The molecule has 0 aliphatic rings. The third kappa shape index (κ3) is 2.21. The van der Waals surface area contributed by atoms with Crippen molar-refractivity contribution in [2.24, 2.45) is 0 Å². The smallest absolute Gasteiger partial charge is 0.307 e. The summed E-state index contributed by atoms with van der Waals surface area (Å²) in [6.07, 6.45) is -0.736. The first-order chi connectivity index (χ1) is 6.00. The molecule has 0 bridgehead atoms. The molecule has 70 valence electrons. The van der Waals surface area contributed by atoms with Gasteiger partial charge >= 0.3 is 5.97 Å². The maximum Gasteiger partial charge on any atom is 0.307 e. The molecular formula is C8H5F3O2. The number of halogens is 3. The average Bonchev–Trinajstić information content (AvgIpc) is 1.98. The van der Waals surface area contributed by atoms with Crippen LogP contribution in [0.1, 0.15) is 5.56 Å². The number of benzene rings is 1. The van der Waals surface area contributed by atoms with Crippen molar-refractivity contribution in [1.29, 1.82) is 0 Å². The van der Waals surface area contributed by atoms with E-state index in [-0.39, 0.29) is 0 Å². The van der Waals surface area contributed by atoms with Gasteiger partial charge in [-0.1, -0.05) is 0 Å². The molecule has 1 N–H and O–H groups in total. The SMILES string of the molecule is O=C(O)Cc1cc(F)cc(F)c1F. The minimum absolute atomic E-state index is 0.362. The van der Waals surface area contributed by atoms with E-state index in [1.165, 1.54) is 0 Å². The van der Waals surface area contributed by atoms with Gasteiger partial charge in [0.1, 0.15) is 5.82 Å². The average molecular weight is 190 g/mol. The van der Waals surface area contributed by atoms with Crippen LogP contribution in [0.4, 0.5) is 13.2 Å². The molecule has 0 fully saturated rings. The summed E-state index contributed by atoms with van der Waals surface area (Å²) in [5.74, 6) is -5.03. The van der Waals surface area contributed by atoms with Gasteiger partial charge in [-0.15, -0.1) is 0 Å². The van der Waals surface area contributed by atoms with Gasteiger partial charge in [-0.25, -0.2) is 13.2 Å². The molecule has 1 rings (SSSR count). The maximum atomic E-state index is 12.7. The second kappa shape index (κ2) is 3.47. The maximum absolute atomic E-state index is 12.7. The molecule has 0 atom stereocenters. The fourth-order valence-corrected chi connectivity index (χ4v) is 0.901. The van der Waals surface area contributed by atoms with Gasteiger partial charge in [-0.05, 0) is 6.07 Å². The summed E-state index contributed by atoms with van der Waals surface area (Å²) in [5.41, 5.74) is -0.495. The first-order valence-corrected chi connectivity index (χ1v) is 3.36.